The molecule has 0 aliphatic carbocycles. The van der Waals surface area contributed by atoms with Crippen LogP contribution in [0, 0.1) is 0 Å². The molecular weight excluding hydrogens is 418 g/mol. The molecule has 3 aromatic rings. The number of methoxy groups -OCH3 is 1. The molecule has 1 saturated heterocycles. The number of ether oxygens (including phenoxy) is 1. The van der Waals surface area contributed by atoms with Gasteiger partial charge in [-0.3, -0.25) is 19.5 Å². The molecule has 33 heavy (non-hydrogen) atoms. The van der Waals surface area contributed by atoms with Gasteiger partial charge in [0.05, 0.1) is 19.0 Å². The predicted octanol–water partition coefficient (Wildman–Crippen LogP) is 2.34. The molecule has 0 unspecified atom stereocenters. The van der Waals surface area contributed by atoms with Crippen LogP contribution in [0.2, 0.25) is 0 Å². The van der Waals surface area contributed by atoms with E-state index in [4.69, 9.17) is 4.74 Å². The second kappa shape index (κ2) is 9.23. The minimum atomic E-state index is -0.111. The third-order valence-corrected chi connectivity index (χ3v) is 6.66. The van der Waals surface area contributed by atoms with Gasteiger partial charge in [0, 0.05) is 75.5 Å². The second-order valence-corrected chi connectivity index (χ2v) is 8.63. The Morgan fingerprint density at radius 1 is 1.09 bits per heavy atom. The lowest BCUT2D eigenvalue weighted by atomic mass is 10.1. The maximum atomic E-state index is 13.4. The Balaban J connectivity index is 1.42. The second-order valence-electron chi connectivity index (χ2n) is 8.63. The highest BCUT2D eigenvalue weighted by atomic mass is 16.5. The zero-order valence-electron chi connectivity index (χ0n) is 18.9. The smallest absolute Gasteiger partial charge is 0.259 e. The van der Waals surface area contributed by atoms with E-state index in [-0.39, 0.29) is 11.5 Å². The first-order chi connectivity index (χ1) is 16.2. The van der Waals surface area contributed by atoms with E-state index in [2.05, 4.69) is 20.5 Å². The van der Waals surface area contributed by atoms with Crippen LogP contribution >= 0.6 is 0 Å². The van der Waals surface area contributed by atoms with Gasteiger partial charge in [-0.1, -0.05) is 0 Å². The van der Waals surface area contributed by atoms with Crippen molar-refractivity contribution in [3.05, 3.63) is 76.2 Å². The first kappa shape index (κ1) is 21.5. The summed E-state index contributed by atoms with van der Waals surface area (Å²) in [5.74, 6) is 0.369. The van der Waals surface area contributed by atoms with Crippen molar-refractivity contribution in [3.8, 4) is 11.4 Å². The fraction of sp³-hybridized carbons (Fsp3) is 0.400. The maximum Gasteiger partial charge on any atom is 0.259 e. The van der Waals surface area contributed by atoms with Crippen LogP contribution in [-0.4, -0.2) is 63.1 Å². The van der Waals surface area contributed by atoms with Gasteiger partial charge in [-0.2, -0.15) is 0 Å². The summed E-state index contributed by atoms with van der Waals surface area (Å²) in [6.07, 6.45) is 8.33. The zero-order valence-corrected chi connectivity index (χ0v) is 18.9. The van der Waals surface area contributed by atoms with E-state index in [9.17, 15) is 9.59 Å². The summed E-state index contributed by atoms with van der Waals surface area (Å²) >= 11 is 0. The average molecular weight is 448 g/mol. The minimum Gasteiger partial charge on any atom is -0.496 e. The van der Waals surface area contributed by atoms with Crippen LogP contribution in [0.3, 0.4) is 0 Å². The third-order valence-electron chi connectivity index (χ3n) is 6.66. The normalized spacial score (nSPS) is 16.5. The summed E-state index contributed by atoms with van der Waals surface area (Å²) in [6.45, 7) is 4.30. The molecule has 0 aromatic carbocycles. The van der Waals surface area contributed by atoms with Crippen LogP contribution in [0.4, 0.5) is 0 Å². The summed E-state index contributed by atoms with van der Waals surface area (Å²) < 4.78 is 9.42. The number of pyridine rings is 2. The summed E-state index contributed by atoms with van der Waals surface area (Å²) in [4.78, 5) is 34.7. The predicted molar refractivity (Wildman–Crippen MR) is 125 cm³/mol. The minimum absolute atomic E-state index is 0.0213. The number of nitrogens with zero attached hydrogens (tertiary/aromatic N) is 5. The zero-order chi connectivity index (χ0) is 22.8. The van der Waals surface area contributed by atoms with Gasteiger partial charge in [-0.15, -0.1) is 0 Å². The molecule has 8 heteroatoms. The molecule has 3 aromatic heterocycles. The summed E-state index contributed by atoms with van der Waals surface area (Å²) in [6, 6.07) is 9.59. The molecule has 2 aliphatic rings. The first-order valence-electron chi connectivity index (χ1n) is 11.5. The van der Waals surface area contributed by atoms with Crippen LogP contribution in [0.5, 0.6) is 5.75 Å². The van der Waals surface area contributed by atoms with Crippen LogP contribution in [0.1, 0.15) is 34.6 Å². The number of aromatic nitrogens is 3. The number of hydrogen-bond acceptors (Lipinski definition) is 5. The van der Waals surface area contributed by atoms with Crippen molar-refractivity contribution in [1.29, 1.82) is 0 Å². The van der Waals surface area contributed by atoms with Crippen LogP contribution in [0.25, 0.3) is 5.69 Å². The number of carbonyl (C=O) groups is 1. The molecule has 0 radical (unpaired) electrons. The van der Waals surface area contributed by atoms with Crippen LogP contribution in [-0.2, 0) is 19.5 Å². The van der Waals surface area contributed by atoms with Gasteiger partial charge < -0.3 is 18.8 Å². The summed E-state index contributed by atoms with van der Waals surface area (Å²) in [7, 11) is 1.53. The molecule has 0 saturated carbocycles. The van der Waals surface area contributed by atoms with Gasteiger partial charge in [0.1, 0.15) is 11.3 Å². The molecule has 0 spiro atoms. The van der Waals surface area contributed by atoms with Gasteiger partial charge in [-0.05, 0) is 37.1 Å². The van der Waals surface area contributed by atoms with Gasteiger partial charge in [0.15, 0.2) is 0 Å². The van der Waals surface area contributed by atoms with Crippen molar-refractivity contribution in [1.82, 2.24) is 23.9 Å². The standard InChI is InChI=1S/C25H29N5O3/c1-33-22-16-23(31)30-15-14-27(13-8-21(30)24(22)25(32)28-10-2-3-11-28)18-20-7-5-12-29(20)19-6-4-9-26-17-19/h4-7,9,12,16-17H,2-3,8,10-11,13-15,18H2,1H3. The number of hydrogen-bond donors (Lipinski definition) is 0. The molecule has 5 rings (SSSR count). The topological polar surface area (TPSA) is 72.6 Å². The highest BCUT2D eigenvalue weighted by Crippen LogP contribution is 2.26. The largest absolute Gasteiger partial charge is 0.496 e. The number of carbonyl (C=O) groups excluding carboxylic acids is 1. The maximum absolute atomic E-state index is 13.4. The molecule has 0 N–H and O–H groups in total. The lowest BCUT2D eigenvalue weighted by molar-refractivity contribution is 0.0787. The third kappa shape index (κ3) is 4.18. The number of rotatable bonds is 5. The van der Waals surface area contributed by atoms with E-state index in [0.29, 0.717) is 24.3 Å². The Labute approximate surface area is 193 Å². The molecule has 0 bridgehead atoms. The van der Waals surface area contributed by atoms with E-state index in [1.165, 1.54) is 13.2 Å². The molecule has 8 nitrogen and oxygen atoms in total. The molecule has 5 heterocycles. The van der Waals surface area contributed by atoms with Gasteiger partial charge in [0.25, 0.3) is 11.5 Å². The molecule has 172 valence electrons. The van der Waals surface area contributed by atoms with E-state index in [0.717, 1.165) is 62.6 Å². The Morgan fingerprint density at radius 2 is 1.94 bits per heavy atom. The monoisotopic (exact) mass is 447 g/mol. The Hall–Kier alpha value is -3.39. The quantitative estimate of drug-likeness (QED) is 0.600. The van der Waals surface area contributed by atoms with Crippen molar-refractivity contribution in [2.75, 3.05) is 33.3 Å². The van der Waals surface area contributed by atoms with E-state index in [1.807, 2.05) is 35.5 Å². The Bertz CT molecular complexity index is 1190. The van der Waals surface area contributed by atoms with E-state index in [1.54, 1.807) is 10.8 Å². The van der Waals surface area contributed by atoms with Gasteiger partial charge in [0.2, 0.25) is 0 Å². The fourth-order valence-corrected chi connectivity index (χ4v) is 4.94. The molecule has 2 aliphatic heterocycles. The first-order valence-corrected chi connectivity index (χ1v) is 11.5. The van der Waals surface area contributed by atoms with Crippen LogP contribution < -0.4 is 10.3 Å². The molecular formula is C25H29N5O3. The SMILES string of the molecule is COc1cc(=O)n2c(c1C(=O)N1CCCC1)CCN(Cc1cccn1-c1cccnc1)CC2. The fourth-order valence-electron chi connectivity index (χ4n) is 4.94. The van der Waals surface area contributed by atoms with Crippen molar-refractivity contribution in [2.45, 2.75) is 32.4 Å². The Kier molecular flexibility index (Phi) is 6.00. The highest BCUT2D eigenvalue weighted by molar-refractivity contribution is 5.98. The summed E-state index contributed by atoms with van der Waals surface area (Å²) in [5.41, 5.74) is 3.42. The number of amides is 1. The van der Waals surface area contributed by atoms with Crippen molar-refractivity contribution < 1.29 is 9.53 Å². The van der Waals surface area contributed by atoms with E-state index >= 15 is 0 Å². The van der Waals surface area contributed by atoms with Crippen LogP contribution in [0.15, 0.2) is 53.7 Å². The number of fused-ring (bicyclic) bond motifs is 1. The lowest BCUT2D eigenvalue weighted by Gasteiger charge is -2.21. The van der Waals surface area contributed by atoms with Crippen molar-refractivity contribution in [2.24, 2.45) is 0 Å². The molecule has 0 atom stereocenters. The molecule has 1 amide bonds. The summed E-state index contributed by atoms with van der Waals surface area (Å²) in [5, 5.41) is 0. The van der Waals surface area contributed by atoms with Crippen molar-refractivity contribution >= 4 is 5.91 Å². The number of likely N-dealkylation sites (tertiary alicyclic amines) is 1. The van der Waals surface area contributed by atoms with E-state index < -0.39 is 0 Å². The Morgan fingerprint density at radius 3 is 2.70 bits per heavy atom. The molecule has 1 fully saturated rings. The van der Waals surface area contributed by atoms with Crippen molar-refractivity contribution in [3.63, 3.8) is 0 Å². The lowest BCUT2D eigenvalue weighted by Crippen LogP contribution is -2.33. The highest BCUT2D eigenvalue weighted by Gasteiger charge is 2.29. The van der Waals surface area contributed by atoms with Gasteiger partial charge >= 0.3 is 0 Å². The van der Waals surface area contributed by atoms with Gasteiger partial charge in [-0.25, -0.2) is 0 Å². The average Bonchev–Trinajstić information content (AvgIpc) is 3.49.